The van der Waals surface area contributed by atoms with Crippen LogP contribution in [-0.2, 0) is 6.54 Å². The van der Waals surface area contributed by atoms with Crippen molar-refractivity contribution in [2.45, 2.75) is 34.2 Å². The fourth-order valence-electron chi connectivity index (χ4n) is 1.40. The van der Waals surface area contributed by atoms with Crippen molar-refractivity contribution >= 4 is 12.6 Å². The average molecular weight is 212 g/mol. The highest BCUT2D eigenvalue weighted by Gasteiger charge is 2.23. The van der Waals surface area contributed by atoms with Gasteiger partial charge in [-0.25, -0.2) is 0 Å². The molecule has 0 saturated heterocycles. The molecule has 0 radical (unpaired) electrons. The Morgan fingerprint density at radius 2 is 2.14 bits per heavy atom. The van der Waals surface area contributed by atoms with Crippen LogP contribution in [0.2, 0.25) is 0 Å². The van der Waals surface area contributed by atoms with Crippen molar-refractivity contribution in [1.82, 2.24) is 9.78 Å². The van der Waals surface area contributed by atoms with Gasteiger partial charge in [0, 0.05) is 12.7 Å². The summed E-state index contributed by atoms with van der Waals surface area (Å²) in [7, 11) is 0. The summed E-state index contributed by atoms with van der Waals surface area (Å²) in [5, 5.41) is 4.39. The molecule has 0 saturated carbocycles. The Hall–Kier alpha value is -0.440. The van der Waals surface area contributed by atoms with Crippen LogP contribution in [0.4, 0.5) is 0 Å². The maximum absolute atomic E-state index is 4.41. The maximum atomic E-state index is 4.41. The summed E-state index contributed by atoms with van der Waals surface area (Å²) in [6, 6.07) is 2.04. The van der Waals surface area contributed by atoms with Crippen LogP contribution in [0.1, 0.15) is 26.5 Å². The van der Waals surface area contributed by atoms with Gasteiger partial charge in [0.25, 0.3) is 0 Å². The Bertz CT molecular complexity index is 286. The van der Waals surface area contributed by atoms with E-state index in [-0.39, 0.29) is 0 Å². The largest absolute Gasteiger partial charge is 0.272 e. The molecule has 1 atom stereocenters. The first-order valence-corrected chi connectivity index (χ1v) is 5.67. The van der Waals surface area contributed by atoms with E-state index in [9.17, 15) is 0 Å². The number of hydrogen-bond acceptors (Lipinski definition) is 2. The predicted molar refractivity (Wildman–Crippen MR) is 63.8 cm³/mol. The fourth-order valence-corrected chi connectivity index (χ4v) is 2.06. The molecule has 0 aliphatic carbocycles. The molecule has 1 rings (SSSR count). The van der Waals surface area contributed by atoms with Crippen molar-refractivity contribution in [1.29, 1.82) is 0 Å². The van der Waals surface area contributed by atoms with E-state index in [4.69, 9.17) is 0 Å². The summed E-state index contributed by atoms with van der Waals surface area (Å²) in [6.07, 6.45) is 2.04. The van der Waals surface area contributed by atoms with Crippen LogP contribution in [-0.4, -0.2) is 15.5 Å². The Balaban J connectivity index is 2.66. The van der Waals surface area contributed by atoms with Crippen molar-refractivity contribution in [3.63, 3.8) is 0 Å². The molecular weight excluding hydrogens is 192 g/mol. The molecular formula is C11H20N2S. The molecule has 3 heteroatoms. The van der Waals surface area contributed by atoms with Gasteiger partial charge in [-0.2, -0.15) is 17.7 Å². The molecule has 0 bridgehead atoms. The zero-order valence-electron chi connectivity index (χ0n) is 9.49. The zero-order valence-corrected chi connectivity index (χ0v) is 10.4. The third-order valence-corrected chi connectivity index (χ3v) is 3.07. The number of aryl methyl sites for hydroxylation is 1. The van der Waals surface area contributed by atoms with Crippen LogP contribution in [0.25, 0.3) is 0 Å². The van der Waals surface area contributed by atoms with Crippen LogP contribution in [0, 0.1) is 18.3 Å². The molecule has 0 aliphatic heterocycles. The van der Waals surface area contributed by atoms with Crippen molar-refractivity contribution in [2.75, 3.05) is 5.75 Å². The smallest absolute Gasteiger partial charge is 0.0593 e. The van der Waals surface area contributed by atoms with Gasteiger partial charge in [-0.15, -0.1) is 0 Å². The Labute approximate surface area is 92.1 Å². The van der Waals surface area contributed by atoms with E-state index in [0.717, 1.165) is 18.0 Å². The highest BCUT2D eigenvalue weighted by molar-refractivity contribution is 7.80. The second-order valence-corrected chi connectivity index (χ2v) is 5.29. The first-order chi connectivity index (χ1) is 6.43. The normalized spacial score (nSPS) is 14.4. The SMILES string of the molecule is Cc1ccn(CC(CS)C(C)(C)C)n1. The molecule has 1 aromatic heterocycles. The van der Waals surface area contributed by atoms with Crippen LogP contribution < -0.4 is 0 Å². The Morgan fingerprint density at radius 3 is 2.50 bits per heavy atom. The van der Waals surface area contributed by atoms with Crippen molar-refractivity contribution in [2.24, 2.45) is 11.3 Å². The van der Waals surface area contributed by atoms with Gasteiger partial charge in [0.05, 0.1) is 5.69 Å². The first kappa shape index (κ1) is 11.6. The van der Waals surface area contributed by atoms with Crippen LogP contribution >= 0.6 is 12.6 Å². The summed E-state index contributed by atoms with van der Waals surface area (Å²) < 4.78 is 2.02. The summed E-state index contributed by atoms with van der Waals surface area (Å²) in [4.78, 5) is 0. The molecule has 1 heterocycles. The Morgan fingerprint density at radius 1 is 1.50 bits per heavy atom. The Kier molecular flexibility index (Phi) is 3.65. The van der Waals surface area contributed by atoms with Crippen LogP contribution in [0.5, 0.6) is 0 Å². The molecule has 0 aromatic carbocycles. The van der Waals surface area contributed by atoms with Gasteiger partial charge in [-0.3, -0.25) is 4.68 Å². The molecule has 0 spiro atoms. The number of rotatable bonds is 3. The third-order valence-electron chi connectivity index (χ3n) is 2.63. The maximum Gasteiger partial charge on any atom is 0.0593 e. The molecule has 14 heavy (non-hydrogen) atoms. The second kappa shape index (κ2) is 4.39. The minimum absolute atomic E-state index is 0.293. The standard InChI is InChI=1S/C11H20N2S/c1-9-5-6-13(12-9)7-10(8-14)11(2,3)4/h5-6,10,14H,7-8H2,1-4H3. The van der Waals surface area contributed by atoms with Gasteiger partial charge in [0.15, 0.2) is 0 Å². The average Bonchev–Trinajstić information content (AvgIpc) is 2.45. The van der Waals surface area contributed by atoms with Gasteiger partial charge in [0.1, 0.15) is 0 Å². The lowest BCUT2D eigenvalue weighted by molar-refractivity contribution is 0.231. The van der Waals surface area contributed by atoms with Gasteiger partial charge in [0.2, 0.25) is 0 Å². The third kappa shape index (κ3) is 3.05. The molecule has 2 nitrogen and oxygen atoms in total. The molecule has 1 unspecified atom stereocenters. The highest BCUT2D eigenvalue weighted by Crippen LogP contribution is 2.28. The van der Waals surface area contributed by atoms with Crippen molar-refractivity contribution < 1.29 is 0 Å². The number of thiol groups is 1. The van der Waals surface area contributed by atoms with Crippen LogP contribution in [0.15, 0.2) is 12.3 Å². The fraction of sp³-hybridized carbons (Fsp3) is 0.727. The van der Waals surface area contributed by atoms with E-state index in [1.165, 1.54) is 0 Å². The number of aromatic nitrogens is 2. The zero-order chi connectivity index (χ0) is 10.8. The van der Waals surface area contributed by atoms with Gasteiger partial charge in [-0.1, -0.05) is 20.8 Å². The quantitative estimate of drug-likeness (QED) is 0.763. The van der Waals surface area contributed by atoms with E-state index in [1.54, 1.807) is 0 Å². The predicted octanol–water partition coefficient (Wildman–Crippen LogP) is 2.78. The minimum atomic E-state index is 0.293. The first-order valence-electron chi connectivity index (χ1n) is 5.04. The lowest BCUT2D eigenvalue weighted by atomic mass is 9.82. The van der Waals surface area contributed by atoms with E-state index in [2.05, 4.69) is 38.5 Å². The van der Waals surface area contributed by atoms with Gasteiger partial charge >= 0.3 is 0 Å². The monoisotopic (exact) mass is 212 g/mol. The summed E-state index contributed by atoms with van der Waals surface area (Å²) in [5.41, 5.74) is 1.37. The molecule has 0 aliphatic rings. The number of nitrogens with zero attached hydrogens (tertiary/aromatic N) is 2. The van der Waals surface area contributed by atoms with Crippen LogP contribution in [0.3, 0.4) is 0 Å². The lowest BCUT2D eigenvalue weighted by Gasteiger charge is -2.29. The molecule has 1 aromatic rings. The van der Waals surface area contributed by atoms with E-state index < -0.39 is 0 Å². The highest BCUT2D eigenvalue weighted by atomic mass is 32.1. The van der Waals surface area contributed by atoms with Gasteiger partial charge < -0.3 is 0 Å². The van der Waals surface area contributed by atoms with Crippen molar-refractivity contribution in [3.8, 4) is 0 Å². The number of hydrogen-bond donors (Lipinski definition) is 1. The topological polar surface area (TPSA) is 17.8 Å². The summed E-state index contributed by atoms with van der Waals surface area (Å²) in [6.45, 7) is 9.74. The second-order valence-electron chi connectivity index (χ2n) is 4.92. The molecule has 80 valence electrons. The lowest BCUT2D eigenvalue weighted by Crippen LogP contribution is -2.27. The summed E-state index contributed by atoms with van der Waals surface area (Å²) in [5.74, 6) is 1.47. The molecule has 0 amide bonds. The van der Waals surface area contributed by atoms with E-state index >= 15 is 0 Å². The van der Waals surface area contributed by atoms with Gasteiger partial charge in [-0.05, 0) is 30.1 Å². The van der Waals surface area contributed by atoms with E-state index in [0.29, 0.717) is 11.3 Å². The van der Waals surface area contributed by atoms with E-state index in [1.807, 2.05) is 23.9 Å². The van der Waals surface area contributed by atoms with Crippen molar-refractivity contribution in [3.05, 3.63) is 18.0 Å². The minimum Gasteiger partial charge on any atom is -0.272 e. The summed E-state index contributed by atoms with van der Waals surface area (Å²) >= 11 is 4.41. The molecule has 0 fully saturated rings. The molecule has 0 N–H and O–H groups in total.